The molecule has 1 heterocycles. The van der Waals surface area contributed by atoms with E-state index < -0.39 is 11.7 Å². The summed E-state index contributed by atoms with van der Waals surface area (Å²) in [5, 5.41) is 10.6. The molecule has 1 N–H and O–H groups in total. The number of rotatable bonds is 3. The van der Waals surface area contributed by atoms with Crippen molar-refractivity contribution in [3.05, 3.63) is 29.8 Å². The molecule has 0 fully saturated rings. The number of carbonyl (C=O) groups is 1. The van der Waals surface area contributed by atoms with Gasteiger partial charge in [-0.05, 0) is 12.1 Å². The molecule has 0 aliphatic rings. The molecule has 0 spiro atoms. The van der Waals surface area contributed by atoms with Gasteiger partial charge in [-0.15, -0.1) is 0 Å². The third kappa shape index (κ3) is 2.83. The Balaban J connectivity index is 2.51. The van der Waals surface area contributed by atoms with Crippen LogP contribution >= 0.6 is 0 Å². The molecule has 1 aromatic rings. The minimum atomic E-state index is -0.468. The van der Waals surface area contributed by atoms with Crippen LogP contribution in [0, 0.1) is 17.1 Å². The smallest absolute Gasteiger partial charge is 0.234 e. The summed E-state index contributed by atoms with van der Waals surface area (Å²) in [5.74, 6) is -0.901. The second kappa shape index (κ2) is 4.92. The second-order valence-corrected chi connectivity index (χ2v) is 2.54. The van der Waals surface area contributed by atoms with E-state index in [0.717, 1.165) is 0 Å². The molecule has 5 heteroatoms. The molecule has 1 aromatic heterocycles. The summed E-state index contributed by atoms with van der Waals surface area (Å²) in [5.41, 5.74) is 0.166. The number of nitrogens with one attached hydrogen (secondary N) is 1. The monoisotopic (exact) mass is 193 g/mol. The first-order valence-corrected chi connectivity index (χ1v) is 3.97. The van der Waals surface area contributed by atoms with Gasteiger partial charge in [0.15, 0.2) is 0 Å². The highest BCUT2D eigenvalue weighted by Crippen LogP contribution is 2.01. The van der Waals surface area contributed by atoms with E-state index in [1.54, 1.807) is 6.07 Å². The summed E-state index contributed by atoms with van der Waals surface area (Å²) in [6, 6.07) is 4.42. The second-order valence-electron chi connectivity index (χ2n) is 2.54. The average Bonchev–Trinajstić information content (AvgIpc) is 2.17. The Morgan fingerprint density at radius 2 is 2.50 bits per heavy atom. The fourth-order valence-electron chi connectivity index (χ4n) is 0.865. The molecule has 0 aromatic carbocycles. The predicted molar refractivity (Wildman–Crippen MR) is 46.3 cm³/mol. The van der Waals surface area contributed by atoms with Crippen molar-refractivity contribution in [2.45, 2.75) is 13.0 Å². The molecule has 4 nitrogen and oxygen atoms in total. The molecule has 1 amide bonds. The lowest BCUT2D eigenvalue weighted by molar-refractivity contribution is -0.120. The van der Waals surface area contributed by atoms with Crippen LogP contribution in [0.3, 0.4) is 0 Å². The van der Waals surface area contributed by atoms with E-state index in [4.69, 9.17) is 5.26 Å². The molecule has 0 saturated carbocycles. The fraction of sp³-hybridized carbons (Fsp3) is 0.222. The first kappa shape index (κ1) is 10.1. The molecule has 14 heavy (non-hydrogen) atoms. The maximum absolute atomic E-state index is 12.9. The zero-order valence-corrected chi connectivity index (χ0v) is 7.33. The van der Waals surface area contributed by atoms with Crippen molar-refractivity contribution < 1.29 is 9.18 Å². The Hall–Kier alpha value is -1.96. The van der Waals surface area contributed by atoms with Gasteiger partial charge in [-0.25, -0.2) is 4.39 Å². The van der Waals surface area contributed by atoms with E-state index in [1.165, 1.54) is 18.3 Å². The molecule has 0 saturated heterocycles. The van der Waals surface area contributed by atoms with Gasteiger partial charge in [-0.2, -0.15) is 5.26 Å². The topological polar surface area (TPSA) is 65.8 Å². The lowest BCUT2D eigenvalue weighted by Crippen LogP contribution is -2.23. The minimum Gasteiger partial charge on any atom is -0.349 e. The van der Waals surface area contributed by atoms with Crippen LogP contribution in [-0.2, 0) is 11.3 Å². The molecule has 0 atom stereocenters. The SMILES string of the molecule is N#CCC(=O)NCc1ncccc1F. The molecule has 0 aliphatic heterocycles. The normalized spacial score (nSPS) is 9.14. The Kier molecular flexibility index (Phi) is 3.56. The highest BCUT2D eigenvalue weighted by atomic mass is 19.1. The number of nitrogens with zero attached hydrogens (tertiary/aromatic N) is 2. The van der Waals surface area contributed by atoms with Gasteiger partial charge in [0.05, 0.1) is 18.3 Å². The van der Waals surface area contributed by atoms with E-state index in [1.807, 2.05) is 0 Å². The predicted octanol–water partition coefficient (Wildman–Crippen LogP) is 0.751. The molecule has 0 unspecified atom stereocenters. The van der Waals surface area contributed by atoms with Crippen LogP contribution < -0.4 is 5.32 Å². The van der Waals surface area contributed by atoms with Crippen LogP contribution in [0.4, 0.5) is 4.39 Å². The van der Waals surface area contributed by atoms with Gasteiger partial charge < -0.3 is 5.32 Å². The van der Waals surface area contributed by atoms with E-state index in [-0.39, 0.29) is 18.7 Å². The molecular formula is C9H8FN3O. The molecule has 72 valence electrons. The number of carbonyl (C=O) groups excluding carboxylic acids is 1. The van der Waals surface area contributed by atoms with Crippen molar-refractivity contribution >= 4 is 5.91 Å². The van der Waals surface area contributed by atoms with Crippen LogP contribution in [0.2, 0.25) is 0 Å². The van der Waals surface area contributed by atoms with Gasteiger partial charge in [0.2, 0.25) is 5.91 Å². The molecule has 0 bridgehead atoms. The van der Waals surface area contributed by atoms with Gasteiger partial charge in [-0.1, -0.05) is 0 Å². The summed E-state index contributed by atoms with van der Waals surface area (Å²) < 4.78 is 12.9. The fourth-order valence-corrected chi connectivity index (χ4v) is 0.865. The Labute approximate surface area is 80.4 Å². The molecular weight excluding hydrogens is 185 g/mol. The number of amides is 1. The first-order chi connectivity index (χ1) is 6.74. The van der Waals surface area contributed by atoms with Crippen LogP contribution in [0.5, 0.6) is 0 Å². The Morgan fingerprint density at radius 1 is 1.71 bits per heavy atom. The van der Waals surface area contributed by atoms with Crippen molar-refractivity contribution in [2.75, 3.05) is 0 Å². The zero-order chi connectivity index (χ0) is 10.4. The van der Waals surface area contributed by atoms with Gasteiger partial charge in [0.25, 0.3) is 0 Å². The molecule has 0 radical (unpaired) electrons. The third-order valence-corrected chi connectivity index (χ3v) is 1.53. The lowest BCUT2D eigenvalue weighted by Gasteiger charge is -2.02. The first-order valence-electron chi connectivity index (χ1n) is 3.97. The molecule has 0 aliphatic carbocycles. The quantitative estimate of drug-likeness (QED) is 0.770. The number of hydrogen-bond donors (Lipinski definition) is 1. The highest BCUT2D eigenvalue weighted by Gasteiger charge is 2.04. The third-order valence-electron chi connectivity index (χ3n) is 1.53. The number of hydrogen-bond acceptors (Lipinski definition) is 3. The lowest BCUT2D eigenvalue weighted by atomic mass is 10.3. The molecule has 1 rings (SSSR count). The van der Waals surface area contributed by atoms with E-state index >= 15 is 0 Å². The number of aromatic nitrogens is 1. The van der Waals surface area contributed by atoms with Crippen molar-refractivity contribution in [2.24, 2.45) is 0 Å². The van der Waals surface area contributed by atoms with Gasteiger partial charge in [0.1, 0.15) is 12.2 Å². The number of pyridine rings is 1. The average molecular weight is 193 g/mol. The summed E-state index contributed by atoms with van der Waals surface area (Å²) in [4.78, 5) is 14.6. The maximum Gasteiger partial charge on any atom is 0.234 e. The zero-order valence-electron chi connectivity index (χ0n) is 7.33. The van der Waals surface area contributed by atoms with E-state index in [0.29, 0.717) is 0 Å². The summed E-state index contributed by atoms with van der Waals surface area (Å²) in [6.45, 7) is 0.00713. The van der Waals surface area contributed by atoms with Gasteiger partial charge >= 0.3 is 0 Å². The summed E-state index contributed by atoms with van der Waals surface area (Å²) in [6.07, 6.45) is 1.21. The van der Waals surface area contributed by atoms with E-state index in [2.05, 4.69) is 10.3 Å². The van der Waals surface area contributed by atoms with Crippen LogP contribution in [-0.4, -0.2) is 10.9 Å². The standard InChI is InChI=1S/C9H8FN3O/c10-7-2-1-5-12-8(7)6-13-9(14)3-4-11/h1-2,5H,3,6H2,(H,13,14). The van der Waals surface area contributed by atoms with Crippen LogP contribution in [0.1, 0.15) is 12.1 Å². The summed E-state index contributed by atoms with van der Waals surface area (Å²) >= 11 is 0. The Bertz CT molecular complexity index is 373. The maximum atomic E-state index is 12.9. The van der Waals surface area contributed by atoms with Gasteiger partial charge in [-0.3, -0.25) is 9.78 Å². The number of nitriles is 1. The van der Waals surface area contributed by atoms with Gasteiger partial charge in [0, 0.05) is 6.20 Å². The van der Waals surface area contributed by atoms with Crippen LogP contribution in [0.15, 0.2) is 18.3 Å². The minimum absolute atomic E-state index is 0.00713. The number of halogens is 1. The summed E-state index contributed by atoms with van der Waals surface area (Å²) in [7, 11) is 0. The van der Waals surface area contributed by atoms with Crippen molar-refractivity contribution in [1.29, 1.82) is 5.26 Å². The van der Waals surface area contributed by atoms with Crippen molar-refractivity contribution in [1.82, 2.24) is 10.3 Å². The van der Waals surface area contributed by atoms with Crippen LogP contribution in [0.25, 0.3) is 0 Å². The van der Waals surface area contributed by atoms with Crippen molar-refractivity contribution in [3.63, 3.8) is 0 Å². The largest absolute Gasteiger partial charge is 0.349 e. The highest BCUT2D eigenvalue weighted by molar-refractivity contribution is 5.77. The van der Waals surface area contributed by atoms with Crippen molar-refractivity contribution in [3.8, 4) is 6.07 Å². The Morgan fingerprint density at radius 3 is 3.14 bits per heavy atom. The van der Waals surface area contributed by atoms with E-state index in [9.17, 15) is 9.18 Å².